The molecule has 0 fully saturated rings. The summed E-state index contributed by atoms with van der Waals surface area (Å²) in [6.07, 6.45) is -0.516. The highest BCUT2D eigenvalue weighted by Gasteiger charge is 2.38. The van der Waals surface area contributed by atoms with Crippen molar-refractivity contribution in [3.63, 3.8) is 0 Å². The number of amides is 1. The van der Waals surface area contributed by atoms with Gasteiger partial charge in [-0.1, -0.05) is 12.1 Å². The maximum atomic E-state index is 11.8. The summed E-state index contributed by atoms with van der Waals surface area (Å²) in [7, 11) is -1.12. The third kappa shape index (κ3) is 4.86. The molecule has 0 radical (unpaired) electrons. The largest absolute Gasteiger partial charge is 0.495 e. The smallest absolute Gasteiger partial charge is 0.494 e. The van der Waals surface area contributed by atoms with Crippen LogP contribution in [-0.2, 0) is 9.39 Å². The maximum absolute atomic E-state index is 11.8. The van der Waals surface area contributed by atoms with E-state index in [2.05, 4.69) is 5.32 Å². The average molecular weight is 337 g/mol. The maximum Gasteiger partial charge on any atom is 0.495 e. The quantitative estimate of drug-likeness (QED) is 0.523. The molecule has 1 heterocycles. The van der Waals surface area contributed by atoms with Crippen molar-refractivity contribution in [2.45, 2.75) is 38.9 Å². The Morgan fingerprint density at radius 3 is 2.83 bits per heavy atom. The van der Waals surface area contributed by atoms with Gasteiger partial charge >= 0.3 is 13.2 Å². The van der Waals surface area contributed by atoms with E-state index in [1.165, 1.54) is 0 Å². The number of hydrogen-bond acceptors (Lipinski definition) is 6. The molecule has 0 spiro atoms. The topological polar surface area (TPSA) is 97.3 Å². The Morgan fingerprint density at radius 1 is 1.42 bits per heavy atom. The summed E-state index contributed by atoms with van der Waals surface area (Å²) in [6.45, 7) is 5.92. The lowest BCUT2D eigenvalue weighted by Crippen LogP contribution is -2.35. The van der Waals surface area contributed by atoms with Gasteiger partial charge in [0.1, 0.15) is 11.4 Å². The molecule has 1 aliphatic heterocycles. The van der Waals surface area contributed by atoms with Crippen molar-refractivity contribution in [2.75, 3.05) is 19.8 Å². The number of nitrogens with one attached hydrogen (secondary N) is 1. The number of benzene rings is 1. The van der Waals surface area contributed by atoms with Crippen molar-refractivity contribution in [3.8, 4) is 5.75 Å². The first kappa shape index (κ1) is 18.6. The number of ether oxygens (including phenoxy) is 2. The fourth-order valence-corrected chi connectivity index (χ4v) is 2.42. The summed E-state index contributed by atoms with van der Waals surface area (Å²) >= 11 is 0. The first-order valence-corrected chi connectivity index (χ1v) is 7.98. The van der Waals surface area contributed by atoms with Crippen LogP contribution < -0.4 is 15.5 Å². The van der Waals surface area contributed by atoms with Crippen molar-refractivity contribution in [1.29, 1.82) is 0 Å². The number of aliphatic hydroxyl groups is 1. The Hall–Kier alpha value is -1.77. The Kier molecular flexibility index (Phi) is 6.09. The molecule has 1 aliphatic rings. The van der Waals surface area contributed by atoms with E-state index >= 15 is 0 Å². The molecule has 8 heteroatoms. The van der Waals surface area contributed by atoms with Crippen LogP contribution in [0.2, 0.25) is 0 Å². The molecule has 7 nitrogen and oxygen atoms in total. The minimum Gasteiger partial charge on any atom is -0.494 e. The summed E-state index contributed by atoms with van der Waals surface area (Å²) in [5, 5.41) is 21.6. The highest BCUT2D eigenvalue weighted by Crippen LogP contribution is 2.27. The fraction of sp³-hybridized carbons (Fsp3) is 0.562. The number of aliphatic hydroxyl groups excluding tert-OH is 1. The van der Waals surface area contributed by atoms with Crippen LogP contribution in [0.15, 0.2) is 18.2 Å². The normalized spacial score (nSPS) is 16.7. The average Bonchev–Trinajstić information content (AvgIpc) is 2.81. The van der Waals surface area contributed by atoms with E-state index in [4.69, 9.17) is 19.2 Å². The van der Waals surface area contributed by atoms with Crippen LogP contribution in [0.25, 0.3) is 0 Å². The molecule has 3 N–H and O–H groups in total. The highest BCUT2D eigenvalue weighted by molar-refractivity contribution is 6.62. The molecule has 0 aromatic heterocycles. The lowest BCUT2D eigenvalue weighted by atomic mass is 9.78. The highest BCUT2D eigenvalue weighted by atomic mass is 16.6. The van der Waals surface area contributed by atoms with Crippen LogP contribution in [0.1, 0.15) is 38.9 Å². The third-order valence-corrected chi connectivity index (χ3v) is 3.38. The van der Waals surface area contributed by atoms with E-state index in [0.29, 0.717) is 24.2 Å². The van der Waals surface area contributed by atoms with Crippen molar-refractivity contribution < 1.29 is 29.1 Å². The van der Waals surface area contributed by atoms with Gasteiger partial charge in [-0.3, -0.25) is 0 Å². The summed E-state index contributed by atoms with van der Waals surface area (Å²) < 4.78 is 16.3. The molecule has 1 atom stereocenters. The molecular formula is C16H24BNO6. The second-order valence-electron chi connectivity index (χ2n) is 6.54. The van der Waals surface area contributed by atoms with Gasteiger partial charge in [-0.05, 0) is 32.4 Å². The van der Waals surface area contributed by atoms with Crippen LogP contribution in [0.5, 0.6) is 5.75 Å². The summed E-state index contributed by atoms with van der Waals surface area (Å²) in [5.74, 6) is 0.521. The number of alkyl carbamates (subject to hydrolysis) is 1. The lowest BCUT2D eigenvalue weighted by molar-refractivity contribution is 0.0498. The predicted molar refractivity (Wildman–Crippen MR) is 89.3 cm³/mol. The monoisotopic (exact) mass is 337 g/mol. The molecule has 1 unspecified atom stereocenters. The van der Waals surface area contributed by atoms with Gasteiger partial charge in [-0.25, -0.2) is 4.79 Å². The van der Waals surface area contributed by atoms with Gasteiger partial charge in [0, 0.05) is 25.0 Å². The molecule has 0 bridgehead atoms. The molecule has 0 aliphatic carbocycles. The zero-order valence-corrected chi connectivity index (χ0v) is 14.2. The van der Waals surface area contributed by atoms with Crippen molar-refractivity contribution >= 4 is 18.7 Å². The Morgan fingerprint density at radius 2 is 2.17 bits per heavy atom. The standard InChI is InChI=1S/C16H24BNO6/c1-16(2,3)23-15(20)18-10-13-11-6-4-7-12(22-9-5-8-19)14(11)17(21)24-13/h4,6-7,13,19,21H,5,8-10H2,1-3H3,(H,18,20). The van der Waals surface area contributed by atoms with Crippen LogP contribution in [0.4, 0.5) is 4.79 Å². The Labute approximate surface area is 142 Å². The molecular weight excluding hydrogens is 313 g/mol. The SMILES string of the molecule is CC(C)(C)OC(=O)NCC1OB(O)c2c(OCCCO)cccc21. The predicted octanol–water partition coefficient (Wildman–Crippen LogP) is 0.731. The second-order valence-corrected chi connectivity index (χ2v) is 6.54. The first-order valence-electron chi connectivity index (χ1n) is 7.98. The molecule has 1 amide bonds. The van der Waals surface area contributed by atoms with E-state index in [1.54, 1.807) is 32.9 Å². The molecule has 132 valence electrons. The van der Waals surface area contributed by atoms with Gasteiger partial charge in [-0.2, -0.15) is 0 Å². The first-order chi connectivity index (χ1) is 11.3. The van der Waals surface area contributed by atoms with Gasteiger partial charge < -0.3 is 29.6 Å². The van der Waals surface area contributed by atoms with Gasteiger partial charge in [0.2, 0.25) is 0 Å². The van der Waals surface area contributed by atoms with Crippen LogP contribution in [0, 0.1) is 0 Å². The van der Waals surface area contributed by atoms with Gasteiger partial charge in [0.15, 0.2) is 0 Å². The summed E-state index contributed by atoms with van der Waals surface area (Å²) in [4.78, 5) is 11.8. The van der Waals surface area contributed by atoms with Crippen LogP contribution in [0.3, 0.4) is 0 Å². The third-order valence-electron chi connectivity index (χ3n) is 3.38. The fourth-order valence-electron chi connectivity index (χ4n) is 2.42. The molecule has 1 aromatic carbocycles. The summed E-state index contributed by atoms with van der Waals surface area (Å²) in [6, 6.07) is 5.37. The van der Waals surface area contributed by atoms with Crippen molar-refractivity contribution in [3.05, 3.63) is 23.8 Å². The van der Waals surface area contributed by atoms with Gasteiger partial charge in [0.05, 0.1) is 12.7 Å². The van der Waals surface area contributed by atoms with E-state index in [0.717, 1.165) is 5.56 Å². The zero-order chi connectivity index (χ0) is 17.7. The van der Waals surface area contributed by atoms with Crippen molar-refractivity contribution in [1.82, 2.24) is 5.32 Å². The number of carbonyl (C=O) groups is 1. The molecule has 0 saturated carbocycles. The molecule has 24 heavy (non-hydrogen) atoms. The number of rotatable bonds is 6. The minimum atomic E-state index is -1.12. The summed E-state index contributed by atoms with van der Waals surface area (Å²) in [5.41, 5.74) is 0.748. The molecule has 2 rings (SSSR count). The number of carbonyl (C=O) groups excluding carboxylic acids is 1. The number of hydrogen-bond donors (Lipinski definition) is 3. The molecule has 1 aromatic rings. The van der Waals surface area contributed by atoms with Gasteiger partial charge in [-0.15, -0.1) is 0 Å². The zero-order valence-electron chi connectivity index (χ0n) is 14.2. The van der Waals surface area contributed by atoms with Crippen LogP contribution in [-0.4, -0.2) is 48.7 Å². The minimum absolute atomic E-state index is 0.0382. The van der Waals surface area contributed by atoms with E-state index in [1.807, 2.05) is 6.07 Å². The van der Waals surface area contributed by atoms with E-state index < -0.39 is 24.9 Å². The lowest BCUT2D eigenvalue weighted by Gasteiger charge is -2.21. The Balaban J connectivity index is 2.02. The number of fused-ring (bicyclic) bond motifs is 1. The van der Waals surface area contributed by atoms with Crippen LogP contribution >= 0.6 is 0 Å². The molecule has 0 saturated heterocycles. The Bertz CT molecular complexity index is 574. The van der Waals surface area contributed by atoms with E-state index in [-0.39, 0.29) is 13.2 Å². The van der Waals surface area contributed by atoms with E-state index in [9.17, 15) is 9.82 Å². The second kappa shape index (κ2) is 7.87. The van der Waals surface area contributed by atoms with Crippen molar-refractivity contribution in [2.24, 2.45) is 0 Å². The van der Waals surface area contributed by atoms with Gasteiger partial charge in [0.25, 0.3) is 0 Å².